The van der Waals surface area contributed by atoms with E-state index >= 15 is 0 Å². The Labute approximate surface area is 197 Å². The maximum absolute atomic E-state index is 12.1. The van der Waals surface area contributed by atoms with Gasteiger partial charge in [-0.2, -0.15) is 0 Å². The molecule has 7 heteroatoms. The number of hydrogen-bond donors (Lipinski definition) is 4. The molecule has 1 aliphatic heterocycles. The highest BCUT2D eigenvalue weighted by Crippen LogP contribution is 2.24. The van der Waals surface area contributed by atoms with E-state index in [0.29, 0.717) is 36.9 Å². The van der Waals surface area contributed by atoms with E-state index in [4.69, 9.17) is 10.8 Å². The van der Waals surface area contributed by atoms with Crippen molar-refractivity contribution in [3.63, 3.8) is 0 Å². The first-order valence-corrected chi connectivity index (χ1v) is 12.5. The molecule has 0 spiro atoms. The highest BCUT2D eigenvalue weighted by Gasteiger charge is 2.29. The number of hydrogen-bond acceptors (Lipinski definition) is 5. The first-order valence-electron chi connectivity index (χ1n) is 12.5. The number of carbonyl (C=O) groups is 1. The Morgan fingerprint density at radius 3 is 2.41 bits per heavy atom. The number of nitrogens with zero attached hydrogens (tertiary/aromatic N) is 2. The number of carbonyl (C=O) groups excluding carboxylic acids is 1. The van der Waals surface area contributed by atoms with Crippen LogP contribution in [0.15, 0.2) is 0 Å². The Kier molecular flexibility index (Phi) is 12.4. The van der Waals surface area contributed by atoms with Gasteiger partial charge in [0.15, 0.2) is 0 Å². The Hall–Kier alpha value is -1.47. The van der Waals surface area contributed by atoms with Gasteiger partial charge in [0.25, 0.3) is 0 Å². The van der Waals surface area contributed by atoms with Crippen molar-refractivity contribution in [1.82, 2.24) is 20.4 Å². The summed E-state index contributed by atoms with van der Waals surface area (Å²) in [7, 11) is 4.02. The maximum Gasteiger partial charge on any atom is 0.248 e. The predicted octanol–water partition coefficient (Wildman–Crippen LogP) is 4.08. The largest absolute Gasteiger partial charge is 0.352 e. The molecule has 32 heavy (non-hydrogen) atoms. The van der Waals surface area contributed by atoms with Crippen molar-refractivity contribution in [1.29, 1.82) is 10.8 Å². The fourth-order valence-corrected chi connectivity index (χ4v) is 4.15. The fourth-order valence-electron chi connectivity index (χ4n) is 4.15. The van der Waals surface area contributed by atoms with E-state index in [0.717, 1.165) is 38.4 Å². The fraction of sp³-hybridized carbons (Fsp3) is 0.880. The lowest BCUT2D eigenvalue weighted by atomic mass is 9.86. The lowest BCUT2D eigenvalue weighted by molar-refractivity contribution is -0.124. The molecule has 0 aliphatic carbocycles. The highest BCUT2D eigenvalue weighted by molar-refractivity contribution is 6.02. The van der Waals surface area contributed by atoms with Crippen LogP contribution in [0.4, 0.5) is 0 Å². The van der Waals surface area contributed by atoms with Crippen molar-refractivity contribution in [2.45, 2.75) is 97.6 Å². The Morgan fingerprint density at radius 1 is 1.16 bits per heavy atom. The summed E-state index contributed by atoms with van der Waals surface area (Å²) in [5.41, 5.74) is 0.225. The Balaban J connectivity index is 2.22. The van der Waals surface area contributed by atoms with Crippen molar-refractivity contribution in [2.75, 3.05) is 33.7 Å². The molecule has 1 saturated heterocycles. The molecule has 0 aromatic rings. The molecule has 186 valence electrons. The highest BCUT2D eigenvalue weighted by atomic mass is 16.2. The number of likely N-dealkylation sites (N-methyl/N-ethyl adjacent to an activating group) is 2. The van der Waals surface area contributed by atoms with Crippen LogP contribution in [0.5, 0.6) is 0 Å². The number of piperidine rings is 1. The summed E-state index contributed by atoms with van der Waals surface area (Å²) in [5, 5.41) is 22.1. The maximum atomic E-state index is 12.1. The van der Waals surface area contributed by atoms with E-state index in [1.165, 1.54) is 19.3 Å². The topological polar surface area (TPSA) is 95.3 Å². The van der Waals surface area contributed by atoms with Crippen molar-refractivity contribution in [3.8, 4) is 0 Å². The van der Waals surface area contributed by atoms with Crippen LogP contribution in [0.1, 0.15) is 86.0 Å². The second-order valence-corrected chi connectivity index (χ2v) is 10.8. The van der Waals surface area contributed by atoms with Gasteiger partial charge in [0.05, 0.1) is 11.7 Å². The smallest absolute Gasteiger partial charge is 0.248 e. The SMILES string of the molecule is CC(C)C(CCCCC(=N)N(C)C1CCC(=N)NC1=O)CCCNCCN(C)C(C)(C)C. The summed E-state index contributed by atoms with van der Waals surface area (Å²) < 4.78 is 0. The molecule has 0 radical (unpaired) electrons. The van der Waals surface area contributed by atoms with Crippen LogP contribution < -0.4 is 10.6 Å². The molecule has 0 aromatic carbocycles. The van der Waals surface area contributed by atoms with Crippen LogP contribution in [0.3, 0.4) is 0 Å². The van der Waals surface area contributed by atoms with Gasteiger partial charge < -0.3 is 20.4 Å². The van der Waals surface area contributed by atoms with Crippen molar-refractivity contribution in [2.24, 2.45) is 11.8 Å². The molecular weight excluding hydrogens is 400 g/mol. The minimum atomic E-state index is -0.310. The molecular formula is C25H50N6O. The lowest BCUT2D eigenvalue weighted by Crippen LogP contribution is -2.52. The Bertz CT molecular complexity index is 598. The van der Waals surface area contributed by atoms with Gasteiger partial charge in [-0.15, -0.1) is 0 Å². The molecule has 1 heterocycles. The quantitative estimate of drug-likeness (QED) is 0.182. The molecule has 0 saturated carbocycles. The molecule has 1 rings (SSSR count). The minimum absolute atomic E-state index is 0.146. The number of amidine groups is 2. The number of unbranched alkanes of at least 4 members (excludes halogenated alkanes) is 1. The van der Waals surface area contributed by atoms with Crippen LogP contribution in [-0.4, -0.2) is 72.7 Å². The molecule has 2 unspecified atom stereocenters. The first-order chi connectivity index (χ1) is 14.9. The van der Waals surface area contributed by atoms with Crippen LogP contribution in [0.2, 0.25) is 0 Å². The van der Waals surface area contributed by atoms with E-state index in [-0.39, 0.29) is 17.5 Å². The van der Waals surface area contributed by atoms with E-state index in [9.17, 15) is 4.79 Å². The molecule has 1 aliphatic rings. The van der Waals surface area contributed by atoms with Gasteiger partial charge >= 0.3 is 0 Å². The van der Waals surface area contributed by atoms with Gasteiger partial charge in [-0.25, -0.2) is 0 Å². The number of amides is 1. The standard InChI is InChI=1S/C25H50N6O/c1-19(2)20(12-10-16-28-17-18-30(6)25(3,4)5)11-8-9-13-23(27)31(7)21-14-15-22(26)29-24(21)32/h19-21,27-28H,8-18H2,1-7H3,(H2,26,29,32). The summed E-state index contributed by atoms with van der Waals surface area (Å²) >= 11 is 0. The summed E-state index contributed by atoms with van der Waals surface area (Å²) in [6, 6.07) is -0.310. The van der Waals surface area contributed by atoms with E-state index in [1.54, 1.807) is 4.90 Å². The summed E-state index contributed by atoms with van der Waals surface area (Å²) in [4.78, 5) is 16.3. The van der Waals surface area contributed by atoms with Crippen molar-refractivity contribution < 1.29 is 4.79 Å². The van der Waals surface area contributed by atoms with E-state index in [1.807, 2.05) is 7.05 Å². The van der Waals surface area contributed by atoms with Crippen LogP contribution >= 0.6 is 0 Å². The van der Waals surface area contributed by atoms with Gasteiger partial charge in [-0.3, -0.25) is 15.6 Å². The zero-order valence-electron chi connectivity index (χ0n) is 21.8. The average Bonchev–Trinajstić information content (AvgIpc) is 2.70. The van der Waals surface area contributed by atoms with Gasteiger partial charge in [-0.1, -0.05) is 26.7 Å². The van der Waals surface area contributed by atoms with Crippen LogP contribution in [0.25, 0.3) is 0 Å². The van der Waals surface area contributed by atoms with Gasteiger partial charge in [0.2, 0.25) is 5.91 Å². The Morgan fingerprint density at radius 2 is 1.81 bits per heavy atom. The minimum Gasteiger partial charge on any atom is -0.352 e. The zero-order valence-corrected chi connectivity index (χ0v) is 21.8. The average molecular weight is 451 g/mol. The normalized spacial score (nSPS) is 18.2. The predicted molar refractivity (Wildman–Crippen MR) is 136 cm³/mol. The van der Waals surface area contributed by atoms with Crippen molar-refractivity contribution in [3.05, 3.63) is 0 Å². The third kappa shape index (κ3) is 10.4. The van der Waals surface area contributed by atoms with Crippen LogP contribution in [0, 0.1) is 22.7 Å². The summed E-state index contributed by atoms with van der Waals surface area (Å²) in [5.74, 6) is 2.09. The molecule has 1 fully saturated rings. The molecule has 4 N–H and O–H groups in total. The van der Waals surface area contributed by atoms with E-state index < -0.39 is 0 Å². The third-order valence-electron chi connectivity index (χ3n) is 7.02. The van der Waals surface area contributed by atoms with Gasteiger partial charge in [0.1, 0.15) is 6.04 Å². The lowest BCUT2D eigenvalue weighted by Gasteiger charge is -2.32. The van der Waals surface area contributed by atoms with Gasteiger partial charge in [-0.05, 0) is 71.9 Å². The summed E-state index contributed by atoms with van der Waals surface area (Å²) in [6.45, 7) is 14.6. The van der Waals surface area contributed by atoms with E-state index in [2.05, 4.69) is 57.2 Å². The molecule has 0 aromatic heterocycles. The van der Waals surface area contributed by atoms with Crippen LogP contribution in [-0.2, 0) is 4.79 Å². The summed E-state index contributed by atoms with van der Waals surface area (Å²) in [6.07, 6.45) is 7.72. The first kappa shape index (κ1) is 28.6. The second kappa shape index (κ2) is 13.9. The molecule has 2 atom stereocenters. The molecule has 7 nitrogen and oxygen atoms in total. The third-order valence-corrected chi connectivity index (χ3v) is 7.02. The molecule has 1 amide bonds. The van der Waals surface area contributed by atoms with Crippen molar-refractivity contribution >= 4 is 17.6 Å². The van der Waals surface area contributed by atoms with Gasteiger partial charge in [0, 0.05) is 38.5 Å². The monoisotopic (exact) mass is 450 g/mol. The number of rotatable bonds is 14. The number of nitrogens with one attached hydrogen (secondary N) is 4. The zero-order chi connectivity index (χ0) is 24.3. The molecule has 0 bridgehead atoms. The second-order valence-electron chi connectivity index (χ2n) is 10.8.